The van der Waals surface area contributed by atoms with Gasteiger partial charge in [-0.05, 0) is 0 Å². The summed E-state index contributed by atoms with van der Waals surface area (Å²) in [5.74, 6) is -0.952. The molecular weight excluding hydrogens is 343 g/mol. The average molecular weight is 354 g/mol. The number of carbonyl (C=O) groups is 3. The van der Waals surface area contributed by atoms with Crippen LogP contribution in [0, 0.1) is 0 Å². The number of hydrogen-bond acceptors (Lipinski definition) is 3. The number of amides is 3. The Bertz CT molecular complexity index is 726. The molecule has 0 saturated carbocycles. The van der Waals surface area contributed by atoms with Crippen molar-refractivity contribution >= 4 is 33.4 Å². The van der Waals surface area contributed by atoms with Crippen molar-refractivity contribution in [1.82, 2.24) is 10.0 Å². The summed E-state index contributed by atoms with van der Waals surface area (Å²) in [5, 5.41) is 2.07. The zero-order chi connectivity index (χ0) is 15.7. The van der Waals surface area contributed by atoms with Crippen LogP contribution in [0.5, 0.6) is 0 Å². The van der Waals surface area contributed by atoms with Gasteiger partial charge in [-0.1, -0.05) is 0 Å². The molecule has 3 rings (SSSR count). The molecule has 108 valence electrons. The summed E-state index contributed by atoms with van der Waals surface area (Å²) in [6, 6.07) is 15.8. The average Bonchev–Trinajstić information content (AvgIpc) is 2.78. The van der Waals surface area contributed by atoms with E-state index in [0.29, 0.717) is 11.1 Å². The Morgan fingerprint density at radius 1 is 0.909 bits per heavy atom. The summed E-state index contributed by atoms with van der Waals surface area (Å²) in [6.45, 7) is 0.153. The van der Waals surface area contributed by atoms with Gasteiger partial charge in [-0.25, -0.2) is 0 Å². The van der Waals surface area contributed by atoms with Crippen molar-refractivity contribution in [3.05, 3.63) is 71.3 Å². The van der Waals surface area contributed by atoms with E-state index in [4.69, 9.17) is 0 Å². The first-order valence-electron chi connectivity index (χ1n) is 6.61. The van der Waals surface area contributed by atoms with E-state index in [1.807, 2.05) is 47.2 Å². The molecule has 2 aromatic rings. The number of imide groups is 1. The molecule has 0 bridgehead atoms. The maximum atomic E-state index is 12.4. The van der Waals surface area contributed by atoms with Gasteiger partial charge in [0.1, 0.15) is 0 Å². The fraction of sp³-hybridized carbons (Fsp3) is 0.0625. The molecule has 1 aliphatic heterocycles. The molecule has 0 saturated heterocycles. The van der Waals surface area contributed by atoms with Crippen LogP contribution in [0.2, 0.25) is 0 Å². The second kappa shape index (κ2) is 5.77. The predicted octanol–water partition coefficient (Wildman–Crippen LogP) is 1.99. The van der Waals surface area contributed by atoms with Crippen LogP contribution < -0.4 is 0 Å². The summed E-state index contributed by atoms with van der Waals surface area (Å²) in [7, 11) is 0. The number of hydrogen-bond donors (Lipinski definition) is 0. The fourth-order valence-corrected chi connectivity index (χ4v) is 2.71. The van der Waals surface area contributed by atoms with Crippen LogP contribution in [0.25, 0.3) is 0 Å². The second-order valence-corrected chi connectivity index (χ2v) is 5.60. The normalized spacial score (nSPS) is 13.2. The van der Waals surface area contributed by atoms with Crippen molar-refractivity contribution in [2.45, 2.75) is 6.54 Å². The van der Waals surface area contributed by atoms with Gasteiger partial charge in [0, 0.05) is 0 Å². The Hall–Kier alpha value is -2.39. The predicted molar refractivity (Wildman–Crippen MR) is 80.1 cm³/mol. The molecule has 0 atom stereocenters. The molecule has 0 spiro atoms. The van der Waals surface area contributed by atoms with Crippen LogP contribution in [0.15, 0.2) is 54.6 Å². The Morgan fingerprint density at radius 3 is 1.91 bits per heavy atom. The summed E-state index contributed by atoms with van der Waals surface area (Å²) in [5.41, 5.74) is 1.47. The molecule has 0 aliphatic carbocycles. The Labute approximate surface area is 136 Å². The topological polar surface area (TPSA) is 57.7 Å². The van der Waals surface area contributed by atoms with E-state index in [1.165, 1.54) is 0 Å². The first-order valence-corrected chi connectivity index (χ1v) is 7.55. The summed E-state index contributed by atoms with van der Waals surface area (Å²) in [4.78, 5) is 36.8. The molecule has 0 N–H and O–H groups in total. The Morgan fingerprint density at radius 2 is 1.41 bits per heavy atom. The summed E-state index contributed by atoms with van der Waals surface area (Å²) in [6.07, 6.45) is 0. The van der Waals surface area contributed by atoms with Gasteiger partial charge >= 0.3 is 136 Å². The monoisotopic (exact) mass is 354 g/mol. The Balaban J connectivity index is 1.95. The number of fused-ring (bicyclic) bond motifs is 1. The van der Waals surface area contributed by atoms with E-state index in [1.54, 1.807) is 24.3 Å². The SMILES string of the molecule is O=C([As])N(Cc1ccccc1)N1C(=O)c2ccccc2C1=O. The molecular formula is C16H11AsN2O3. The zero-order valence-corrected chi connectivity index (χ0v) is 13.3. The number of carbonyl (C=O) groups excluding carboxylic acids is 3. The third-order valence-electron chi connectivity index (χ3n) is 3.41. The third-order valence-corrected chi connectivity index (χ3v) is 3.89. The molecule has 2 radical (unpaired) electrons. The van der Waals surface area contributed by atoms with Crippen LogP contribution in [0.1, 0.15) is 26.3 Å². The van der Waals surface area contributed by atoms with Gasteiger partial charge in [0.25, 0.3) is 0 Å². The van der Waals surface area contributed by atoms with Gasteiger partial charge in [-0.3, -0.25) is 0 Å². The van der Waals surface area contributed by atoms with Gasteiger partial charge < -0.3 is 0 Å². The number of rotatable bonds is 3. The van der Waals surface area contributed by atoms with Crippen molar-refractivity contribution in [1.29, 1.82) is 0 Å². The number of nitrogens with zero attached hydrogens (tertiary/aromatic N) is 2. The van der Waals surface area contributed by atoms with Crippen LogP contribution in [-0.4, -0.2) is 43.4 Å². The molecule has 0 aromatic heterocycles. The van der Waals surface area contributed by atoms with E-state index in [9.17, 15) is 14.4 Å². The van der Waals surface area contributed by atoms with E-state index in [0.717, 1.165) is 15.6 Å². The zero-order valence-electron chi connectivity index (χ0n) is 11.5. The van der Waals surface area contributed by atoms with E-state index in [-0.39, 0.29) is 6.54 Å². The second-order valence-electron chi connectivity index (χ2n) is 4.79. The van der Waals surface area contributed by atoms with E-state index >= 15 is 0 Å². The van der Waals surface area contributed by atoms with Crippen molar-refractivity contribution in [2.75, 3.05) is 0 Å². The van der Waals surface area contributed by atoms with Gasteiger partial charge in [-0.15, -0.1) is 0 Å². The number of hydrazine groups is 1. The first kappa shape index (κ1) is 14.5. The molecule has 6 heteroatoms. The van der Waals surface area contributed by atoms with Crippen LogP contribution in [-0.2, 0) is 6.54 Å². The third kappa shape index (κ3) is 2.44. The van der Waals surface area contributed by atoms with Crippen molar-refractivity contribution in [2.24, 2.45) is 0 Å². The van der Waals surface area contributed by atoms with Crippen LogP contribution in [0.3, 0.4) is 0 Å². The summed E-state index contributed by atoms with van der Waals surface area (Å²) >= 11 is 1.84. The molecule has 1 heterocycles. The molecule has 3 amide bonds. The first-order chi connectivity index (χ1) is 10.6. The van der Waals surface area contributed by atoms with E-state index in [2.05, 4.69) is 0 Å². The molecule has 1 aliphatic rings. The van der Waals surface area contributed by atoms with Crippen molar-refractivity contribution < 1.29 is 14.4 Å². The fourth-order valence-electron chi connectivity index (χ4n) is 2.38. The number of benzene rings is 2. The van der Waals surface area contributed by atoms with Crippen LogP contribution >= 0.6 is 0 Å². The Kier molecular flexibility index (Phi) is 3.82. The van der Waals surface area contributed by atoms with Gasteiger partial charge in [0.15, 0.2) is 0 Å². The van der Waals surface area contributed by atoms with Gasteiger partial charge in [0.2, 0.25) is 0 Å². The summed E-state index contributed by atoms with van der Waals surface area (Å²) < 4.78 is -0.425. The molecule has 0 unspecified atom stereocenters. The quantitative estimate of drug-likeness (QED) is 0.626. The molecule has 22 heavy (non-hydrogen) atoms. The van der Waals surface area contributed by atoms with Gasteiger partial charge in [0.05, 0.1) is 0 Å². The molecule has 5 nitrogen and oxygen atoms in total. The van der Waals surface area contributed by atoms with Crippen molar-refractivity contribution in [3.8, 4) is 0 Å². The maximum absolute atomic E-state index is 12.4. The minimum absolute atomic E-state index is 0.153. The minimum atomic E-state index is -0.476. The standard InChI is InChI=1S/C16H11AsN2O3/c17-16(22)18(10-11-6-2-1-3-7-11)19-14(20)12-8-4-5-9-13(12)15(19)21/h1-9H,10H2. The van der Waals surface area contributed by atoms with E-state index < -0.39 is 16.5 Å². The molecule has 0 fully saturated rings. The van der Waals surface area contributed by atoms with Gasteiger partial charge in [-0.2, -0.15) is 0 Å². The molecule has 2 aromatic carbocycles. The van der Waals surface area contributed by atoms with Crippen LogP contribution in [0.4, 0.5) is 4.79 Å². The van der Waals surface area contributed by atoms with Crippen molar-refractivity contribution in [3.63, 3.8) is 0 Å².